The molecule has 118 valence electrons. The zero-order valence-electron chi connectivity index (χ0n) is 12.2. The average Bonchev–Trinajstić information content (AvgIpc) is 2.48. The van der Waals surface area contributed by atoms with Gasteiger partial charge in [0, 0.05) is 11.0 Å². The normalized spacial score (nSPS) is 16.9. The van der Waals surface area contributed by atoms with Crippen molar-refractivity contribution in [3.8, 4) is 0 Å². The summed E-state index contributed by atoms with van der Waals surface area (Å²) < 4.78 is 1.04. The van der Waals surface area contributed by atoms with E-state index in [1.807, 2.05) is 12.1 Å². The molecule has 1 saturated carbocycles. The van der Waals surface area contributed by atoms with Crippen molar-refractivity contribution in [3.63, 3.8) is 0 Å². The van der Waals surface area contributed by atoms with Crippen LogP contribution >= 0.6 is 28.3 Å². The van der Waals surface area contributed by atoms with Crippen LogP contribution in [0, 0.1) is 0 Å². The fraction of sp³-hybridized carbons (Fsp3) is 0.562. The largest absolute Gasteiger partial charge is 0.355 e. The first-order valence-corrected chi connectivity index (χ1v) is 8.23. The summed E-state index contributed by atoms with van der Waals surface area (Å²) in [5, 5.41) is 3.08. The van der Waals surface area contributed by atoms with Gasteiger partial charge < -0.3 is 11.1 Å². The summed E-state index contributed by atoms with van der Waals surface area (Å²) in [6.07, 6.45) is 6.19. The van der Waals surface area contributed by atoms with E-state index < -0.39 is 0 Å². The van der Waals surface area contributed by atoms with Gasteiger partial charge in [0.05, 0.1) is 5.41 Å². The number of hydrogen-bond acceptors (Lipinski definition) is 2. The predicted molar refractivity (Wildman–Crippen MR) is 92.8 cm³/mol. The van der Waals surface area contributed by atoms with E-state index >= 15 is 0 Å². The highest BCUT2D eigenvalue weighted by Crippen LogP contribution is 2.40. The number of nitrogens with one attached hydrogen (secondary N) is 1. The van der Waals surface area contributed by atoms with E-state index in [1.165, 1.54) is 6.42 Å². The van der Waals surface area contributed by atoms with Crippen molar-refractivity contribution in [1.82, 2.24) is 5.32 Å². The molecule has 0 aliphatic heterocycles. The summed E-state index contributed by atoms with van der Waals surface area (Å²) in [7, 11) is 0. The van der Waals surface area contributed by atoms with Crippen molar-refractivity contribution in [2.45, 2.75) is 43.9 Å². The Morgan fingerprint density at radius 3 is 2.62 bits per heavy atom. The van der Waals surface area contributed by atoms with Crippen LogP contribution in [0.15, 0.2) is 28.7 Å². The van der Waals surface area contributed by atoms with Crippen molar-refractivity contribution >= 4 is 34.2 Å². The maximum absolute atomic E-state index is 12.7. The molecule has 0 saturated heterocycles. The quantitative estimate of drug-likeness (QED) is 0.773. The van der Waals surface area contributed by atoms with Crippen LogP contribution in [0.4, 0.5) is 0 Å². The Balaban J connectivity index is 0.00000220. The number of benzene rings is 1. The molecule has 5 heteroatoms. The smallest absolute Gasteiger partial charge is 0.230 e. The molecule has 1 aliphatic rings. The third-order valence-electron chi connectivity index (χ3n) is 4.19. The molecule has 0 aromatic heterocycles. The molecule has 0 bridgehead atoms. The van der Waals surface area contributed by atoms with E-state index in [9.17, 15) is 4.79 Å². The first kappa shape index (κ1) is 18.5. The Bertz CT molecular complexity index is 461. The molecule has 0 radical (unpaired) electrons. The highest BCUT2D eigenvalue weighted by Gasteiger charge is 2.40. The van der Waals surface area contributed by atoms with Crippen LogP contribution in [-0.2, 0) is 10.2 Å². The van der Waals surface area contributed by atoms with Gasteiger partial charge in [-0.2, -0.15) is 0 Å². The van der Waals surface area contributed by atoms with Gasteiger partial charge in [0.15, 0.2) is 0 Å². The molecule has 3 nitrogen and oxygen atoms in total. The number of halogens is 2. The average molecular weight is 376 g/mol. The lowest BCUT2D eigenvalue weighted by Crippen LogP contribution is -2.46. The Kier molecular flexibility index (Phi) is 7.71. The van der Waals surface area contributed by atoms with Crippen molar-refractivity contribution in [2.24, 2.45) is 5.73 Å². The molecule has 0 spiro atoms. The number of carbonyl (C=O) groups is 1. The molecule has 1 aromatic rings. The third kappa shape index (κ3) is 4.44. The van der Waals surface area contributed by atoms with Gasteiger partial charge in [-0.15, -0.1) is 12.4 Å². The van der Waals surface area contributed by atoms with Crippen LogP contribution in [-0.4, -0.2) is 19.0 Å². The van der Waals surface area contributed by atoms with Gasteiger partial charge in [-0.1, -0.05) is 47.3 Å². The van der Waals surface area contributed by atoms with Crippen LogP contribution in [0.25, 0.3) is 0 Å². The minimum atomic E-state index is -0.351. The predicted octanol–water partition coefficient (Wildman–Crippen LogP) is 3.54. The van der Waals surface area contributed by atoms with Crippen molar-refractivity contribution in [1.29, 1.82) is 0 Å². The first-order valence-electron chi connectivity index (χ1n) is 7.43. The molecule has 1 aliphatic carbocycles. The molecule has 3 N–H and O–H groups in total. The summed E-state index contributed by atoms with van der Waals surface area (Å²) in [6.45, 7) is 1.29. The van der Waals surface area contributed by atoms with Gasteiger partial charge in [0.1, 0.15) is 0 Å². The summed E-state index contributed by atoms with van der Waals surface area (Å²) >= 11 is 3.52. The van der Waals surface area contributed by atoms with Gasteiger partial charge in [-0.05, 0) is 43.5 Å². The number of hydrogen-bond donors (Lipinski definition) is 2. The monoisotopic (exact) mass is 374 g/mol. The fourth-order valence-electron chi connectivity index (χ4n) is 3.06. The van der Waals surface area contributed by atoms with Gasteiger partial charge in [0.2, 0.25) is 5.91 Å². The van der Waals surface area contributed by atoms with E-state index in [0.29, 0.717) is 13.1 Å². The van der Waals surface area contributed by atoms with E-state index in [0.717, 1.165) is 42.1 Å². The SMILES string of the molecule is Cl.NCCCNC(=O)C1(c2cccc(Br)c2)CCCCC1. The Labute approximate surface area is 141 Å². The summed E-state index contributed by atoms with van der Waals surface area (Å²) in [5.74, 6) is 0.170. The Hall–Kier alpha value is -0.580. The minimum Gasteiger partial charge on any atom is -0.355 e. The van der Waals surface area contributed by atoms with E-state index in [2.05, 4.69) is 33.4 Å². The maximum atomic E-state index is 12.7. The number of amides is 1. The van der Waals surface area contributed by atoms with Crippen LogP contribution in [0.1, 0.15) is 44.1 Å². The van der Waals surface area contributed by atoms with Gasteiger partial charge >= 0.3 is 0 Å². The molecule has 0 atom stereocenters. The van der Waals surface area contributed by atoms with Crippen molar-refractivity contribution in [2.75, 3.05) is 13.1 Å². The molecule has 1 aromatic carbocycles. The Morgan fingerprint density at radius 2 is 2.00 bits per heavy atom. The van der Waals surface area contributed by atoms with Crippen LogP contribution in [0.3, 0.4) is 0 Å². The van der Waals surface area contributed by atoms with Gasteiger partial charge in [-0.3, -0.25) is 4.79 Å². The lowest BCUT2D eigenvalue weighted by atomic mass is 9.68. The molecule has 0 heterocycles. The second kappa shape index (κ2) is 8.76. The Morgan fingerprint density at radius 1 is 1.29 bits per heavy atom. The zero-order chi connectivity index (χ0) is 14.4. The molecule has 1 amide bonds. The van der Waals surface area contributed by atoms with Crippen molar-refractivity contribution in [3.05, 3.63) is 34.3 Å². The standard InChI is InChI=1S/C16H23BrN2O.ClH/c17-14-7-4-6-13(12-14)16(8-2-1-3-9-16)15(20)19-11-5-10-18;/h4,6-7,12H,1-3,5,8-11,18H2,(H,19,20);1H. The lowest BCUT2D eigenvalue weighted by molar-refractivity contribution is -0.128. The van der Waals surface area contributed by atoms with Crippen LogP contribution in [0.5, 0.6) is 0 Å². The third-order valence-corrected chi connectivity index (χ3v) is 4.68. The number of rotatable bonds is 5. The highest BCUT2D eigenvalue weighted by molar-refractivity contribution is 9.10. The summed E-state index contributed by atoms with van der Waals surface area (Å²) in [6, 6.07) is 8.20. The van der Waals surface area contributed by atoms with Crippen LogP contribution < -0.4 is 11.1 Å². The summed E-state index contributed by atoms with van der Waals surface area (Å²) in [5.41, 5.74) is 6.29. The molecule has 2 rings (SSSR count). The molecule has 1 fully saturated rings. The molecular formula is C16H24BrClN2O. The fourth-order valence-corrected chi connectivity index (χ4v) is 3.46. The number of carbonyl (C=O) groups excluding carboxylic acids is 1. The van der Waals surface area contributed by atoms with Gasteiger partial charge in [-0.25, -0.2) is 0 Å². The van der Waals surface area contributed by atoms with Crippen molar-refractivity contribution < 1.29 is 4.79 Å². The van der Waals surface area contributed by atoms with E-state index in [1.54, 1.807) is 0 Å². The van der Waals surface area contributed by atoms with E-state index in [-0.39, 0.29) is 23.7 Å². The molecular weight excluding hydrogens is 352 g/mol. The lowest BCUT2D eigenvalue weighted by Gasteiger charge is -2.36. The topological polar surface area (TPSA) is 55.1 Å². The number of nitrogens with two attached hydrogens (primary N) is 1. The minimum absolute atomic E-state index is 0. The zero-order valence-corrected chi connectivity index (χ0v) is 14.6. The van der Waals surface area contributed by atoms with Gasteiger partial charge in [0.25, 0.3) is 0 Å². The van der Waals surface area contributed by atoms with E-state index in [4.69, 9.17) is 5.73 Å². The summed E-state index contributed by atoms with van der Waals surface area (Å²) in [4.78, 5) is 12.7. The molecule has 0 unspecified atom stereocenters. The second-order valence-corrected chi connectivity index (χ2v) is 6.47. The first-order chi connectivity index (χ1) is 9.69. The second-order valence-electron chi connectivity index (χ2n) is 5.55. The molecule has 21 heavy (non-hydrogen) atoms. The highest BCUT2D eigenvalue weighted by atomic mass is 79.9. The van der Waals surface area contributed by atoms with Crippen LogP contribution in [0.2, 0.25) is 0 Å². The maximum Gasteiger partial charge on any atom is 0.230 e.